The van der Waals surface area contributed by atoms with Crippen LogP contribution in [0.1, 0.15) is 43.4 Å². The summed E-state index contributed by atoms with van der Waals surface area (Å²) in [6.45, 7) is 1.92. The van der Waals surface area contributed by atoms with E-state index in [-0.39, 0.29) is 24.1 Å². The van der Waals surface area contributed by atoms with E-state index in [2.05, 4.69) is 25.9 Å². The normalized spacial score (nSPS) is 11.7. The van der Waals surface area contributed by atoms with E-state index < -0.39 is 6.04 Å². The lowest BCUT2D eigenvalue weighted by molar-refractivity contribution is -0.131. The second-order valence-corrected chi connectivity index (χ2v) is 9.20. The van der Waals surface area contributed by atoms with Crippen molar-refractivity contribution >= 4 is 45.9 Å². The van der Waals surface area contributed by atoms with Gasteiger partial charge in [-0.05, 0) is 67.8 Å². The lowest BCUT2D eigenvalue weighted by Gasteiger charge is -2.19. The molecule has 1 atom stereocenters. The Bertz CT molecular complexity index is 1230. The van der Waals surface area contributed by atoms with Crippen molar-refractivity contribution in [2.75, 3.05) is 19.5 Å². The average molecular weight is 529 g/mol. The molecule has 0 aliphatic carbocycles. The van der Waals surface area contributed by atoms with Gasteiger partial charge in [-0.25, -0.2) is 5.48 Å². The molecule has 0 aliphatic rings. The second-order valence-electron chi connectivity index (χ2n) is 8.76. The van der Waals surface area contributed by atoms with Crippen LogP contribution in [0.15, 0.2) is 42.5 Å². The van der Waals surface area contributed by atoms with Crippen LogP contribution in [-0.4, -0.2) is 43.0 Å². The number of carbonyl (C=O) groups excluding carboxylic acids is 3. The lowest BCUT2D eigenvalue weighted by Crippen LogP contribution is -2.44. The molecular formula is C27H33ClN4O5. The van der Waals surface area contributed by atoms with E-state index in [9.17, 15) is 14.4 Å². The highest BCUT2D eigenvalue weighted by atomic mass is 35.5. The highest BCUT2D eigenvalue weighted by Crippen LogP contribution is 2.27. The molecule has 0 radical (unpaired) electrons. The summed E-state index contributed by atoms with van der Waals surface area (Å²) in [6, 6.07) is 11.7. The van der Waals surface area contributed by atoms with Crippen LogP contribution in [0.3, 0.4) is 0 Å². The van der Waals surface area contributed by atoms with Crippen molar-refractivity contribution in [3.8, 4) is 5.75 Å². The quantitative estimate of drug-likeness (QED) is 0.193. The first-order chi connectivity index (χ1) is 17.8. The summed E-state index contributed by atoms with van der Waals surface area (Å²) in [7, 11) is 2.99. The number of fused-ring (bicyclic) bond motifs is 1. The molecule has 0 aliphatic heterocycles. The third-order valence-corrected chi connectivity index (χ3v) is 6.29. The van der Waals surface area contributed by atoms with Gasteiger partial charge in [0.15, 0.2) is 0 Å². The Balaban J connectivity index is 1.67. The van der Waals surface area contributed by atoms with Gasteiger partial charge in [0.05, 0.1) is 20.6 Å². The fraction of sp³-hybridized carbons (Fsp3) is 0.370. The van der Waals surface area contributed by atoms with E-state index in [0.717, 1.165) is 28.6 Å². The smallest absolute Gasteiger partial charge is 0.246 e. The van der Waals surface area contributed by atoms with Crippen molar-refractivity contribution in [1.82, 2.24) is 15.8 Å². The molecule has 37 heavy (non-hydrogen) atoms. The number of H-pyrrole nitrogens is 1. The number of aryl methyl sites for hydroxylation is 1. The van der Waals surface area contributed by atoms with Crippen LogP contribution in [0.25, 0.3) is 10.9 Å². The van der Waals surface area contributed by atoms with Gasteiger partial charge in [-0.15, -0.1) is 0 Å². The van der Waals surface area contributed by atoms with Crippen LogP contribution in [0.2, 0.25) is 5.02 Å². The predicted octanol–water partition coefficient (Wildman–Crippen LogP) is 4.43. The molecule has 9 nitrogen and oxygen atoms in total. The molecule has 0 saturated heterocycles. The number of nitrogens with one attached hydrogen (secondary N) is 4. The highest BCUT2D eigenvalue weighted by Gasteiger charge is 2.22. The van der Waals surface area contributed by atoms with Gasteiger partial charge in [-0.1, -0.05) is 24.4 Å². The first-order valence-corrected chi connectivity index (χ1v) is 12.5. The molecule has 0 unspecified atom stereocenters. The molecule has 2 aromatic carbocycles. The SMILES string of the molecule is CONC(=O)CCCCC[C@H](NC(=O)Cc1c(C)[nH]c2ccc(OC)cc12)C(=O)Nc1ccc(Cl)cc1. The van der Waals surface area contributed by atoms with Crippen LogP contribution in [-0.2, 0) is 25.6 Å². The number of anilines is 1. The minimum atomic E-state index is -0.740. The Kier molecular flexibility index (Phi) is 10.3. The summed E-state index contributed by atoms with van der Waals surface area (Å²) in [5.41, 5.74) is 5.52. The van der Waals surface area contributed by atoms with Crippen molar-refractivity contribution in [2.45, 2.75) is 51.5 Å². The van der Waals surface area contributed by atoms with Crippen LogP contribution in [0.5, 0.6) is 5.75 Å². The number of benzene rings is 2. The summed E-state index contributed by atoms with van der Waals surface area (Å²) >= 11 is 5.94. The van der Waals surface area contributed by atoms with Crippen LogP contribution in [0, 0.1) is 6.92 Å². The molecular weight excluding hydrogens is 496 g/mol. The van der Waals surface area contributed by atoms with Crippen LogP contribution < -0.4 is 20.9 Å². The number of amides is 3. The Morgan fingerprint density at radius 3 is 2.46 bits per heavy atom. The monoisotopic (exact) mass is 528 g/mol. The van der Waals surface area contributed by atoms with E-state index >= 15 is 0 Å². The molecule has 3 aromatic rings. The van der Waals surface area contributed by atoms with E-state index in [0.29, 0.717) is 42.1 Å². The van der Waals surface area contributed by atoms with Gasteiger partial charge in [0.25, 0.3) is 0 Å². The van der Waals surface area contributed by atoms with Crippen LogP contribution in [0.4, 0.5) is 5.69 Å². The highest BCUT2D eigenvalue weighted by molar-refractivity contribution is 6.30. The Hall–Kier alpha value is -3.56. The van der Waals surface area contributed by atoms with E-state index in [4.69, 9.17) is 16.3 Å². The fourth-order valence-electron chi connectivity index (χ4n) is 4.13. The minimum absolute atomic E-state index is 0.112. The summed E-state index contributed by atoms with van der Waals surface area (Å²) < 4.78 is 5.34. The number of ether oxygens (including phenoxy) is 1. The summed E-state index contributed by atoms with van der Waals surface area (Å²) in [5.74, 6) is -0.0706. The van der Waals surface area contributed by atoms with Gasteiger partial charge in [0, 0.05) is 33.7 Å². The number of hydroxylamine groups is 1. The maximum Gasteiger partial charge on any atom is 0.246 e. The molecule has 1 aromatic heterocycles. The molecule has 0 saturated carbocycles. The summed E-state index contributed by atoms with van der Waals surface area (Å²) in [5, 5.41) is 7.22. The number of halogens is 1. The topological polar surface area (TPSA) is 122 Å². The number of hydrogen-bond donors (Lipinski definition) is 4. The number of aromatic nitrogens is 1. The van der Waals surface area contributed by atoms with Crippen LogP contribution >= 0.6 is 11.6 Å². The maximum atomic E-state index is 13.1. The van der Waals surface area contributed by atoms with E-state index in [1.54, 1.807) is 31.4 Å². The number of methoxy groups -OCH3 is 1. The van der Waals surface area contributed by atoms with Crippen molar-refractivity contribution in [3.63, 3.8) is 0 Å². The number of aromatic amines is 1. The standard InChI is InChI=1S/C27H33ClN4O5/c1-17-21(22-15-20(36-2)13-14-23(22)29-17)16-26(34)31-24(7-5-4-6-8-25(33)32-37-3)27(35)30-19-11-9-18(28)10-12-19/h9-15,24,29H,4-8,16H2,1-3H3,(H,30,35)(H,31,34)(H,32,33)/t24-/m0/s1. The number of unbranched alkanes of at least 4 members (excludes halogenated alkanes) is 2. The largest absolute Gasteiger partial charge is 0.497 e. The zero-order chi connectivity index (χ0) is 26.8. The zero-order valence-electron chi connectivity index (χ0n) is 21.3. The van der Waals surface area contributed by atoms with Gasteiger partial charge in [0.1, 0.15) is 11.8 Å². The summed E-state index contributed by atoms with van der Waals surface area (Å²) in [4.78, 5) is 45.7. The third-order valence-electron chi connectivity index (χ3n) is 6.04. The van der Waals surface area contributed by atoms with E-state index in [1.807, 2.05) is 25.1 Å². The Morgan fingerprint density at radius 2 is 1.76 bits per heavy atom. The van der Waals surface area contributed by atoms with Crippen molar-refractivity contribution in [3.05, 3.63) is 58.7 Å². The van der Waals surface area contributed by atoms with Crippen molar-refractivity contribution in [1.29, 1.82) is 0 Å². The Morgan fingerprint density at radius 1 is 1.00 bits per heavy atom. The van der Waals surface area contributed by atoms with Crippen molar-refractivity contribution in [2.24, 2.45) is 0 Å². The number of rotatable bonds is 13. The van der Waals surface area contributed by atoms with Gasteiger partial charge in [0.2, 0.25) is 17.7 Å². The molecule has 0 spiro atoms. The van der Waals surface area contributed by atoms with E-state index in [1.165, 1.54) is 7.11 Å². The fourth-order valence-corrected chi connectivity index (χ4v) is 4.26. The van der Waals surface area contributed by atoms with Gasteiger partial charge < -0.3 is 20.4 Å². The molecule has 1 heterocycles. The molecule has 3 rings (SSSR count). The molecule has 4 N–H and O–H groups in total. The van der Waals surface area contributed by atoms with Crippen molar-refractivity contribution < 1.29 is 24.0 Å². The molecule has 3 amide bonds. The molecule has 198 valence electrons. The first-order valence-electron chi connectivity index (χ1n) is 12.1. The molecule has 10 heteroatoms. The van der Waals surface area contributed by atoms with Gasteiger partial charge in [-0.2, -0.15) is 0 Å². The zero-order valence-corrected chi connectivity index (χ0v) is 22.0. The predicted molar refractivity (Wildman–Crippen MR) is 144 cm³/mol. The summed E-state index contributed by atoms with van der Waals surface area (Å²) in [6.07, 6.45) is 2.89. The number of hydrogen-bond acceptors (Lipinski definition) is 5. The lowest BCUT2D eigenvalue weighted by atomic mass is 10.0. The van der Waals surface area contributed by atoms with Gasteiger partial charge >= 0.3 is 0 Å². The minimum Gasteiger partial charge on any atom is -0.497 e. The Labute approximate surface area is 221 Å². The third kappa shape index (κ3) is 8.23. The second kappa shape index (κ2) is 13.7. The molecule has 0 fully saturated rings. The number of carbonyl (C=O) groups is 3. The molecule has 0 bridgehead atoms. The average Bonchev–Trinajstić information content (AvgIpc) is 3.18. The van der Waals surface area contributed by atoms with Gasteiger partial charge in [-0.3, -0.25) is 19.2 Å². The first kappa shape index (κ1) is 28.0. The maximum absolute atomic E-state index is 13.1.